The van der Waals surface area contributed by atoms with Crippen LogP contribution in [0, 0.1) is 6.92 Å². The van der Waals surface area contributed by atoms with E-state index in [1.807, 2.05) is 43.3 Å². The topological polar surface area (TPSA) is 56.7 Å². The van der Waals surface area contributed by atoms with Crippen LogP contribution < -0.4 is 5.73 Å². The minimum Gasteiger partial charge on any atom is -0.393 e. The van der Waals surface area contributed by atoms with Crippen LogP contribution >= 0.6 is 12.2 Å². The zero-order valence-electron chi connectivity index (χ0n) is 11.8. The second kappa shape index (κ2) is 5.61. The minimum absolute atomic E-state index is 0.448. The van der Waals surface area contributed by atoms with Crippen molar-refractivity contribution >= 4 is 28.2 Å². The molecular weight excluding hydrogens is 280 g/mol. The first kappa shape index (κ1) is 13.7. The first-order chi connectivity index (χ1) is 10.1. The van der Waals surface area contributed by atoms with E-state index in [-0.39, 0.29) is 0 Å². The molecule has 1 aromatic carbocycles. The van der Waals surface area contributed by atoms with Crippen LogP contribution in [-0.4, -0.2) is 19.5 Å². The fourth-order valence-corrected chi connectivity index (χ4v) is 2.57. The Morgan fingerprint density at radius 1 is 1.14 bits per heavy atom. The molecule has 3 rings (SSSR count). The summed E-state index contributed by atoms with van der Waals surface area (Å²) < 4.78 is 2.14. The molecule has 2 aromatic heterocycles. The van der Waals surface area contributed by atoms with Gasteiger partial charge in [-0.15, -0.1) is 0 Å². The van der Waals surface area contributed by atoms with Gasteiger partial charge >= 0.3 is 0 Å². The van der Waals surface area contributed by atoms with E-state index in [4.69, 9.17) is 18.0 Å². The van der Waals surface area contributed by atoms with Gasteiger partial charge in [-0.1, -0.05) is 30.4 Å². The third kappa shape index (κ3) is 2.92. The maximum atomic E-state index is 5.70. The highest BCUT2D eigenvalue weighted by molar-refractivity contribution is 7.80. The summed E-state index contributed by atoms with van der Waals surface area (Å²) in [5.41, 5.74) is 9.74. The number of pyridine rings is 1. The van der Waals surface area contributed by atoms with Crippen molar-refractivity contribution < 1.29 is 0 Å². The Labute approximate surface area is 128 Å². The molecule has 0 bridgehead atoms. The van der Waals surface area contributed by atoms with Crippen LogP contribution in [0.1, 0.15) is 17.2 Å². The van der Waals surface area contributed by atoms with Gasteiger partial charge in [-0.3, -0.25) is 4.98 Å². The number of nitrogens with two attached hydrogens (primary N) is 1. The van der Waals surface area contributed by atoms with Crippen LogP contribution in [0.3, 0.4) is 0 Å². The summed E-state index contributed by atoms with van der Waals surface area (Å²) in [6.07, 6.45) is 0.496. The van der Waals surface area contributed by atoms with Gasteiger partial charge in [-0.2, -0.15) is 0 Å². The molecule has 0 aliphatic heterocycles. The number of fused-ring (bicyclic) bond motifs is 1. The summed E-state index contributed by atoms with van der Waals surface area (Å²) in [4.78, 5) is 9.65. The number of thiocarbonyl (C=S) groups is 1. The summed E-state index contributed by atoms with van der Waals surface area (Å²) in [6, 6.07) is 14.1. The van der Waals surface area contributed by atoms with Gasteiger partial charge in [0.2, 0.25) is 0 Å². The first-order valence-electron chi connectivity index (χ1n) is 6.78. The molecule has 2 N–H and O–H groups in total. The van der Waals surface area contributed by atoms with Crippen LogP contribution in [-0.2, 0) is 13.0 Å². The molecular formula is C16H16N4S. The van der Waals surface area contributed by atoms with Crippen LogP contribution in [0.5, 0.6) is 0 Å². The van der Waals surface area contributed by atoms with Crippen LogP contribution in [0.4, 0.5) is 0 Å². The van der Waals surface area contributed by atoms with E-state index in [9.17, 15) is 0 Å². The Morgan fingerprint density at radius 2 is 1.95 bits per heavy atom. The number of hydrogen-bond acceptors (Lipinski definition) is 3. The Morgan fingerprint density at radius 3 is 2.71 bits per heavy atom. The number of hydrogen-bond donors (Lipinski definition) is 1. The maximum absolute atomic E-state index is 5.70. The second-order valence-electron chi connectivity index (χ2n) is 5.02. The van der Waals surface area contributed by atoms with Gasteiger partial charge < -0.3 is 10.3 Å². The van der Waals surface area contributed by atoms with E-state index in [1.54, 1.807) is 0 Å². The number of aryl methyl sites for hydroxylation is 1. The lowest BCUT2D eigenvalue weighted by atomic mass is 10.3. The molecule has 4 nitrogen and oxygen atoms in total. The molecule has 0 atom stereocenters. The van der Waals surface area contributed by atoms with Crippen molar-refractivity contribution in [2.45, 2.75) is 19.9 Å². The highest BCUT2D eigenvalue weighted by atomic mass is 32.1. The van der Waals surface area contributed by atoms with Gasteiger partial charge in [-0.05, 0) is 31.2 Å². The Balaban J connectivity index is 2.08. The van der Waals surface area contributed by atoms with Gasteiger partial charge in [0.05, 0.1) is 34.7 Å². The molecule has 0 aliphatic carbocycles. The Bertz CT molecular complexity index is 807. The molecule has 2 heterocycles. The normalized spacial score (nSPS) is 10.9. The molecule has 3 aromatic rings. The Hall–Kier alpha value is -2.27. The maximum Gasteiger partial charge on any atom is 0.117 e. The lowest BCUT2D eigenvalue weighted by Crippen LogP contribution is -2.16. The third-order valence-corrected chi connectivity index (χ3v) is 3.48. The summed E-state index contributed by atoms with van der Waals surface area (Å²) in [7, 11) is 0. The van der Waals surface area contributed by atoms with E-state index in [1.165, 1.54) is 0 Å². The summed E-state index contributed by atoms with van der Waals surface area (Å²) in [5.74, 6) is 0.881. The molecule has 0 saturated heterocycles. The van der Waals surface area contributed by atoms with Gasteiger partial charge in [0.1, 0.15) is 5.82 Å². The molecule has 0 fully saturated rings. The van der Waals surface area contributed by atoms with Crippen LogP contribution in [0.25, 0.3) is 11.0 Å². The highest BCUT2D eigenvalue weighted by Gasteiger charge is 2.12. The molecule has 0 saturated carbocycles. The third-order valence-electron chi connectivity index (χ3n) is 3.33. The van der Waals surface area contributed by atoms with E-state index in [2.05, 4.69) is 20.6 Å². The average molecular weight is 296 g/mol. The predicted octanol–water partition coefficient (Wildman–Crippen LogP) is 2.62. The van der Waals surface area contributed by atoms with Crippen molar-refractivity contribution in [1.29, 1.82) is 0 Å². The van der Waals surface area contributed by atoms with Crippen molar-refractivity contribution in [3.05, 3.63) is 59.7 Å². The number of nitrogens with zero attached hydrogens (tertiary/aromatic N) is 3. The predicted molar refractivity (Wildman–Crippen MR) is 88.3 cm³/mol. The molecule has 21 heavy (non-hydrogen) atoms. The van der Waals surface area contributed by atoms with Crippen molar-refractivity contribution in [3.63, 3.8) is 0 Å². The quantitative estimate of drug-likeness (QED) is 0.752. The first-order valence-corrected chi connectivity index (χ1v) is 7.19. The molecule has 0 spiro atoms. The molecule has 5 heteroatoms. The number of aromatic nitrogens is 3. The fraction of sp³-hybridized carbons (Fsp3) is 0.188. The number of benzene rings is 1. The molecule has 106 valence electrons. The lowest BCUT2D eigenvalue weighted by Gasteiger charge is -2.09. The van der Waals surface area contributed by atoms with Crippen LogP contribution in [0.15, 0.2) is 42.5 Å². The minimum atomic E-state index is 0.448. The zero-order valence-corrected chi connectivity index (χ0v) is 12.6. The average Bonchev–Trinajstić information content (AvgIpc) is 2.76. The zero-order chi connectivity index (χ0) is 14.8. The van der Waals surface area contributed by atoms with Crippen LogP contribution in [0.2, 0.25) is 0 Å². The number of rotatable bonds is 4. The molecule has 0 radical (unpaired) electrons. The van der Waals surface area contributed by atoms with Gasteiger partial charge in [0.25, 0.3) is 0 Å². The monoisotopic (exact) mass is 296 g/mol. The molecule has 0 aliphatic rings. The van der Waals surface area contributed by atoms with Gasteiger partial charge in [0.15, 0.2) is 0 Å². The summed E-state index contributed by atoms with van der Waals surface area (Å²) in [6.45, 7) is 2.66. The number of para-hydroxylation sites is 2. The van der Waals surface area contributed by atoms with E-state index in [0.29, 0.717) is 18.0 Å². The number of imidazole rings is 1. The molecule has 0 unspecified atom stereocenters. The van der Waals surface area contributed by atoms with E-state index < -0.39 is 0 Å². The van der Waals surface area contributed by atoms with E-state index >= 15 is 0 Å². The lowest BCUT2D eigenvalue weighted by molar-refractivity contribution is 0.751. The largest absolute Gasteiger partial charge is 0.393 e. The van der Waals surface area contributed by atoms with Crippen molar-refractivity contribution in [1.82, 2.24) is 14.5 Å². The van der Waals surface area contributed by atoms with Gasteiger partial charge in [-0.25, -0.2) is 4.98 Å². The Kier molecular flexibility index (Phi) is 3.66. The highest BCUT2D eigenvalue weighted by Crippen LogP contribution is 2.18. The van der Waals surface area contributed by atoms with Crippen molar-refractivity contribution in [2.24, 2.45) is 5.73 Å². The summed E-state index contributed by atoms with van der Waals surface area (Å²) >= 11 is 5.04. The second-order valence-corrected chi connectivity index (χ2v) is 5.54. The van der Waals surface area contributed by atoms with Crippen molar-refractivity contribution in [3.8, 4) is 0 Å². The summed E-state index contributed by atoms with van der Waals surface area (Å²) in [5, 5.41) is 0. The smallest absolute Gasteiger partial charge is 0.117 e. The molecule has 0 amide bonds. The SMILES string of the molecule is Cc1cccc(Cn2c(CC(N)=S)nc3ccccc32)n1. The fourth-order valence-electron chi connectivity index (χ4n) is 2.44. The van der Waals surface area contributed by atoms with Gasteiger partial charge in [0, 0.05) is 5.69 Å². The van der Waals surface area contributed by atoms with E-state index in [0.717, 1.165) is 28.2 Å². The standard InChI is InChI=1S/C16H16N4S/c1-11-5-4-6-12(18-11)10-20-14-8-3-2-7-13(14)19-16(20)9-15(17)21/h2-8H,9-10H2,1H3,(H2,17,21). The van der Waals surface area contributed by atoms with Crippen molar-refractivity contribution in [2.75, 3.05) is 0 Å².